The molecule has 1 aromatic rings. The summed E-state index contributed by atoms with van der Waals surface area (Å²) in [6.07, 6.45) is 5.45. The lowest BCUT2D eigenvalue weighted by Gasteiger charge is -2.37. The molecule has 0 aromatic heterocycles. The van der Waals surface area contributed by atoms with E-state index in [0.717, 1.165) is 6.42 Å². The van der Waals surface area contributed by atoms with Gasteiger partial charge in [-0.05, 0) is 54.4 Å². The van der Waals surface area contributed by atoms with Crippen molar-refractivity contribution in [2.75, 3.05) is 11.9 Å². The van der Waals surface area contributed by atoms with Gasteiger partial charge in [-0.15, -0.1) is 0 Å². The van der Waals surface area contributed by atoms with E-state index >= 15 is 0 Å². The minimum atomic E-state index is -0.375. The Kier molecular flexibility index (Phi) is 3.33. The van der Waals surface area contributed by atoms with Crippen molar-refractivity contribution in [1.82, 2.24) is 4.90 Å². The van der Waals surface area contributed by atoms with Crippen LogP contribution in [0.15, 0.2) is 36.4 Å². The summed E-state index contributed by atoms with van der Waals surface area (Å²) in [6.45, 7) is 0.104. The normalized spacial score (nSPS) is 36.1. The van der Waals surface area contributed by atoms with E-state index in [1.54, 1.807) is 0 Å². The second-order valence-electron chi connectivity index (χ2n) is 7.79. The van der Waals surface area contributed by atoms with Crippen LogP contribution >= 0.6 is 0 Å². The number of likely N-dealkylation sites (tertiary alicyclic amines) is 1. The van der Waals surface area contributed by atoms with Gasteiger partial charge in [-0.3, -0.25) is 19.3 Å². The van der Waals surface area contributed by atoms with Crippen molar-refractivity contribution >= 4 is 23.4 Å². The number of carbonyl (C=O) groups is 3. The van der Waals surface area contributed by atoms with Crippen molar-refractivity contribution in [2.24, 2.45) is 35.5 Å². The molecule has 2 saturated carbocycles. The van der Waals surface area contributed by atoms with Crippen LogP contribution in [-0.4, -0.2) is 29.2 Å². The molecule has 2 bridgehead atoms. The maximum absolute atomic E-state index is 12.9. The van der Waals surface area contributed by atoms with Crippen LogP contribution < -0.4 is 5.32 Å². The van der Waals surface area contributed by atoms with Gasteiger partial charge in [0.25, 0.3) is 0 Å². The number of benzene rings is 1. The highest BCUT2D eigenvalue weighted by atomic mass is 19.1. The molecule has 3 fully saturated rings. The summed E-state index contributed by atoms with van der Waals surface area (Å²) in [7, 11) is 0. The van der Waals surface area contributed by atoms with Gasteiger partial charge in [-0.1, -0.05) is 12.2 Å². The SMILES string of the molecule is O=C(CCN1C(=O)[C@@H]2[C@H]3C=C[C@H]([C@H]4C[C@H]34)[C@@H]2C1=O)Nc1ccc(F)cc1. The van der Waals surface area contributed by atoms with Gasteiger partial charge in [-0.25, -0.2) is 4.39 Å². The molecular weight excluding hydrogens is 335 g/mol. The molecule has 134 valence electrons. The maximum Gasteiger partial charge on any atom is 0.233 e. The number of allylic oxidation sites excluding steroid dienone is 2. The fourth-order valence-corrected chi connectivity index (χ4v) is 5.21. The zero-order valence-electron chi connectivity index (χ0n) is 14.1. The molecule has 6 rings (SSSR count). The summed E-state index contributed by atoms with van der Waals surface area (Å²) in [6, 6.07) is 5.48. The zero-order chi connectivity index (χ0) is 18.0. The Morgan fingerprint density at radius 1 is 1.04 bits per heavy atom. The first-order valence-corrected chi connectivity index (χ1v) is 9.13. The molecule has 6 heteroatoms. The Morgan fingerprint density at radius 3 is 2.19 bits per heavy atom. The van der Waals surface area contributed by atoms with Crippen molar-refractivity contribution in [3.05, 3.63) is 42.2 Å². The van der Waals surface area contributed by atoms with E-state index in [0.29, 0.717) is 17.5 Å². The van der Waals surface area contributed by atoms with Gasteiger partial charge in [0, 0.05) is 18.7 Å². The first-order valence-electron chi connectivity index (χ1n) is 9.13. The van der Waals surface area contributed by atoms with Crippen LogP contribution in [0.2, 0.25) is 0 Å². The molecule has 5 aliphatic rings. The second-order valence-corrected chi connectivity index (χ2v) is 7.79. The fourth-order valence-electron chi connectivity index (χ4n) is 5.21. The van der Waals surface area contributed by atoms with Crippen molar-refractivity contribution < 1.29 is 18.8 Å². The van der Waals surface area contributed by atoms with Gasteiger partial charge in [0.15, 0.2) is 0 Å². The minimum Gasteiger partial charge on any atom is -0.326 e. The van der Waals surface area contributed by atoms with E-state index in [1.807, 2.05) is 0 Å². The van der Waals surface area contributed by atoms with Gasteiger partial charge in [0.2, 0.25) is 17.7 Å². The highest BCUT2D eigenvalue weighted by Gasteiger charge is 2.66. The van der Waals surface area contributed by atoms with Crippen molar-refractivity contribution in [1.29, 1.82) is 0 Å². The monoisotopic (exact) mass is 354 g/mol. The van der Waals surface area contributed by atoms with E-state index in [2.05, 4.69) is 17.5 Å². The number of halogens is 1. The highest BCUT2D eigenvalue weighted by Crippen LogP contribution is 2.65. The van der Waals surface area contributed by atoms with Crippen LogP contribution in [0.1, 0.15) is 12.8 Å². The summed E-state index contributed by atoms with van der Waals surface area (Å²) in [4.78, 5) is 39.0. The summed E-state index contributed by atoms with van der Waals surface area (Å²) in [5.41, 5.74) is 0.492. The number of rotatable bonds is 4. The van der Waals surface area contributed by atoms with Crippen LogP contribution in [-0.2, 0) is 14.4 Å². The molecule has 1 aromatic carbocycles. The molecule has 1 N–H and O–H groups in total. The highest BCUT2D eigenvalue weighted by molar-refractivity contribution is 6.06. The molecule has 3 amide bonds. The molecule has 0 unspecified atom stereocenters. The fraction of sp³-hybridized carbons (Fsp3) is 0.450. The Morgan fingerprint density at radius 2 is 1.62 bits per heavy atom. The predicted octanol–water partition coefficient (Wildman–Crippen LogP) is 2.21. The van der Waals surface area contributed by atoms with E-state index in [9.17, 15) is 18.8 Å². The minimum absolute atomic E-state index is 0.0456. The lowest BCUT2D eigenvalue weighted by molar-refractivity contribution is -0.140. The third-order valence-electron chi connectivity index (χ3n) is 6.44. The Balaban J connectivity index is 1.24. The number of nitrogens with zero attached hydrogens (tertiary/aromatic N) is 1. The molecule has 6 atom stereocenters. The van der Waals surface area contributed by atoms with E-state index < -0.39 is 0 Å². The quantitative estimate of drug-likeness (QED) is 0.666. The van der Waals surface area contributed by atoms with Gasteiger partial charge in [-0.2, -0.15) is 0 Å². The molecule has 0 radical (unpaired) electrons. The topological polar surface area (TPSA) is 66.5 Å². The number of imide groups is 1. The average molecular weight is 354 g/mol. The summed E-state index contributed by atoms with van der Waals surface area (Å²) >= 11 is 0. The Labute approximate surface area is 150 Å². The Bertz CT molecular complexity index is 798. The summed E-state index contributed by atoms with van der Waals surface area (Å²) in [5, 5.41) is 2.66. The molecule has 0 spiro atoms. The lowest BCUT2D eigenvalue weighted by atomic mass is 9.63. The number of amides is 3. The summed E-state index contributed by atoms with van der Waals surface area (Å²) < 4.78 is 12.9. The molecule has 1 heterocycles. The number of nitrogens with one attached hydrogen (secondary N) is 1. The van der Waals surface area contributed by atoms with E-state index in [-0.39, 0.29) is 60.2 Å². The van der Waals surface area contributed by atoms with Crippen molar-refractivity contribution in [3.63, 3.8) is 0 Å². The van der Waals surface area contributed by atoms with Gasteiger partial charge < -0.3 is 5.32 Å². The number of hydrogen-bond donors (Lipinski definition) is 1. The van der Waals surface area contributed by atoms with Crippen LogP contribution in [0.4, 0.5) is 10.1 Å². The van der Waals surface area contributed by atoms with E-state index in [4.69, 9.17) is 0 Å². The van der Waals surface area contributed by atoms with Gasteiger partial charge in [0.1, 0.15) is 5.82 Å². The largest absolute Gasteiger partial charge is 0.326 e. The van der Waals surface area contributed by atoms with Crippen LogP contribution in [0.3, 0.4) is 0 Å². The molecule has 1 aliphatic heterocycles. The van der Waals surface area contributed by atoms with Crippen molar-refractivity contribution in [3.8, 4) is 0 Å². The first-order chi connectivity index (χ1) is 12.5. The first kappa shape index (κ1) is 15.7. The average Bonchev–Trinajstić information content (AvgIpc) is 3.41. The predicted molar refractivity (Wildman–Crippen MR) is 91.1 cm³/mol. The van der Waals surface area contributed by atoms with Crippen LogP contribution in [0.25, 0.3) is 0 Å². The second kappa shape index (κ2) is 5.50. The third-order valence-corrected chi connectivity index (χ3v) is 6.44. The van der Waals surface area contributed by atoms with Crippen LogP contribution in [0.5, 0.6) is 0 Å². The lowest BCUT2D eigenvalue weighted by Crippen LogP contribution is -2.40. The Hall–Kier alpha value is -2.50. The smallest absolute Gasteiger partial charge is 0.233 e. The summed E-state index contributed by atoms with van der Waals surface area (Å²) in [5.74, 6) is 0.209. The molecular formula is C20H19FN2O3. The molecule has 5 nitrogen and oxygen atoms in total. The van der Waals surface area contributed by atoms with Crippen molar-refractivity contribution in [2.45, 2.75) is 12.8 Å². The molecule has 26 heavy (non-hydrogen) atoms. The molecule has 1 saturated heterocycles. The number of carbonyl (C=O) groups excluding carboxylic acids is 3. The standard InChI is InChI=1S/C20H19FN2O3/c21-10-1-3-11(4-2-10)22-16(24)7-8-23-19(25)17-12-5-6-13(15-9-14(12)15)18(17)20(23)26/h1-6,12-15,17-18H,7-9H2,(H,22,24)/t12-,13+,14-,15-,17+,18-/m1/s1. The number of hydrogen-bond acceptors (Lipinski definition) is 3. The maximum atomic E-state index is 12.9. The van der Waals surface area contributed by atoms with Crippen LogP contribution in [0, 0.1) is 41.3 Å². The van der Waals surface area contributed by atoms with Gasteiger partial charge >= 0.3 is 0 Å². The number of anilines is 1. The van der Waals surface area contributed by atoms with Gasteiger partial charge in [0.05, 0.1) is 11.8 Å². The van der Waals surface area contributed by atoms with E-state index in [1.165, 1.54) is 29.2 Å². The third kappa shape index (κ3) is 2.24. The molecule has 4 aliphatic carbocycles. The zero-order valence-corrected chi connectivity index (χ0v) is 14.1.